The van der Waals surface area contributed by atoms with Crippen LogP contribution in [-0.4, -0.2) is 10.1 Å². The van der Waals surface area contributed by atoms with E-state index in [-0.39, 0.29) is 12.6 Å². The molecule has 2 rings (SSSR count). The van der Waals surface area contributed by atoms with Crippen LogP contribution in [-0.2, 0) is 6.61 Å². The van der Waals surface area contributed by atoms with Gasteiger partial charge in [-0.25, -0.2) is 0 Å². The maximum Gasteiger partial charge on any atom is 0.213 e. The second-order valence-electron chi connectivity index (χ2n) is 3.61. The van der Waals surface area contributed by atoms with E-state index in [1.54, 1.807) is 0 Å². The van der Waals surface area contributed by atoms with Gasteiger partial charge in [-0.3, -0.25) is 0 Å². The molecule has 1 heterocycles. The van der Waals surface area contributed by atoms with E-state index in [4.69, 9.17) is 10.5 Å². The molecule has 0 radical (unpaired) electrons. The molecule has 0 aliphatic carbocycles. The second kappa shape index (κ2) is 5.29. The predicted molar refractivity (Wildman–Crippen MR) is 65.4 cm³/mol. The van der Waals surface area contributed by atoms with Gasteiger partial charge in [0, 0.05) is 16.1 Å². The Kier molecular flexibility index (Phi) is 3.75. The summed E-state index contributed by atoms with van der Waals surface area (Å²) in [6, 6.07) is 5.64. The zero-order valence-electron chi connectivity index (χ0n) is 9.26. The number of hydrogen-bond donors (Lipinski definition) is 1. The van der Waals surface area contributed by atoms with E-state index in [1.807, 2.05) is 25.1 Å². The Hall–Kier alpha value is -1.40. The molecule has 90 valence electrons. The third kappa shape index (κ3) is 3.04. The summed E-state index contributed by atoms with van der Waals surface area (Å²) in [4.78, 5) is 3.88. The van der Waals surface area contributed by atoms with Gasteiger partial charge >= 0.3 is 0 Å². The van der Waals surface area contributed by atoms with E-state index >= 15 is 0 Å². The maximum atomic E-state index is 5.87. The van der Waals surface area contributed by atoms with Crippen LogP contribution in [0.1, 0.15) is 24.4 Å². The van der Waals surface area contributed by atoms with Crippen molar-refractivity contribution < 1.29 is 9.26 Å². The molecule has 2 N–H and O–H groups in total. The predicted octanol–water partition coefficient (Wildman–Crippen LogP) is 2.43. The number of halogens is 1. The molecule has 5 nitrogen and oxygen atoms in total. The van der Waals surface area contributed by atoms with Gasteiger partial charge in [-0.2, -0.15) is 4.98 Å². The summed E-state index contributed by atoms with van der Waals surface area (Å²) in [5.41, 5.74) is 6.81. The first-order valence-corrected chi connectivity index (χ1v) is 5.89. The molecule has 0 bridgehead atoms. The molecule has 0 aliphatic heterocycles. The number of rotatable bonds is 4. The monoisotopic (exact) mass is 297 g/mol. The first kappa shape index (κ1) is 12.1. The fourth-order valence-electron chi connectivity index (χ4n) is 1.41. The van der Waals surface area contributed by atoms with Crippen LogP contribution in [0.4, 0.5) is 0 Å². The Labute approximate surface area is 107 Å². The van der Waals surface area contributed by atoms with Crippen molar-refractivity contribution in [3.05, 3.63) is 40.5 Å². The normalized spacial score (nSPS) is 12.4. The number of aromatic nitrogens is 2. The molecule has 17 heavy (non-hydrogen) atoms. The van der Waals surface area contributed by atoms with Crippen LogP contribution < -0.4 is 10.5 Å². The quantitative estimate of drug-likeness (QED) is 0.938. The van der Waals surface area contributed by atoms with Crippen molar-refractivity contribution in [1.29, 1.82) is 0 Å². The molecular weight excluding hydrogens is 286 g/mol. The fourth-order valence-corrected chi connectivity index (χ4v) is 1.75. The van der Waals surface area contributed by atoms with Crippen molar-refractivity contribution in [1.82, 2.24) is 10.1 Å². The minimum Gasteiger partial charge on any atom is -0.485 e. The zero-order chi connectivity index (χ0) is 12.3. The highest BCUT2D eigenvalue weighted by molar-refractivity contribution is 9.10. The van der Waals surface area contributed by atoms with Gasteiger partial charge in [0.05, 0.1) is 0 Å². The van der Waals surface area contributed by atoms with Gasteiger partial charge in [0.15, 0.2) is 6.61 Å². The topological polar surface area (TPSA) is 74.2 Å². The van der Waals surface area contributed by atoms with Crippen LogP contribution in [0, 0.1) is 0 Å². The molecule has 1 aromatic carbocycles. The Morgan fingerprint density at radius 3 is 3.00 bits per heavy atom. The summed E-state index contributed by atoms with van der Waals surface area (Å²) in [7, 11) is 0. The fraction of sp³-hybridized carbons (Fsp3) is 0.273. The minimum absolute atomic E-state index is 0.0941. The second-order valence-corrected chi connectivity index (χ2v) is 4.52. The molecule has 0 unspecified atom stereocenters. The average Bonchev–Trinajstić information content (AvgIpc) is 2.78. The third-order valence-corrected chi connectivity index (χ3v) is 2.72. The van der Waals surface area contributed by atoms with E-state index < -0.39 is 0 Å². The van der Waals surface area contributed by atoms with Crippen molar-refractivity contribution in [2.24, 2.45) is 5.73 Å². The lowest BCUT2D eigenvalue weighted by Gasteiger charge is -2.13. The standard InChI is InChI=1S/C11H12BrN3O2/c1-7(13)9-3-2-8(12)4-10(9)16-5-11-14-6-17-15-11/h2-4,6-7H,5,13H2,1H3/t7-/m1/s1. The van der Waals surface area contributed by atoms with Crippen LogP contribution in [0.5, 0.6) is 5.75 Å². The lowest BCUT2D eigenvalue weighted by molar-refractivity contribution is 0.282. The Balaban J connectivity index is 2.16. The highest BCUT2D eigenvalue weighted by Crippen LogP contribution is 2.28. The summed E-state index contributed by atoms with van der Waals surface area (Å²) in [5.74, 6) is 1.22. The number of nitrogens with zero attached hydrogens (tertiary/aromatic N) is 2. The first-order chi connectivity index (χ1) is 8.16. The molecule has 0 spiro atoms. The molecule has 1 atom stereocenters. The molecule has 0 saturated heterocycles. The first-order valence-electron chi connectivity index (χ1n) is 5.10. The van der Waals surface area contributed by atoms with E-state index in [0.29, 0.717) is 5.82 Å². The Bertz CT molecular complexity index is 485. The van der Waals surface area contributed by atoms with Crippen molar-refractivity contribution in [2.75, 3.05) is 0 Å². The van der Waals surface area contributed by atoms with E-state index in [9.17, 15) is 0 Å². The van der Waals surface area contributed by atoms with Gasteiger partial charge in [-0.15, -0.1) is 0 Å². The lowest BCUT2D eigenvalue weighted by atomic mass is 10.1. The maximum absolute atomic E-state index is 5.87. The third-order valence-electron chi connectivity index (χ3n) is 2.23. The summed E-state index contributed by atoms with van der Waals surface area (Å²) < 4.78 is 11.2. The van der Waals surface area contributed by atoms with Crippen molar-refractivity contribution in [3.63, 3.8) is 0 Å². The molecule has 1 aromatic heterocycles. The highest BCUT2D eigenvalue weighted by atomic mass is 79.9. The summed E-state index contributed by atoms with van der Waals surface area (Å²) in [6.45, 7) is 2.16. The van der Waals surface area contributed by atoms with Crippen molar-refractivity contribution in [3.8, 4) is 5.75 Å². The zero-order valence-corrected chi connectivity index (χ0v) is 10.8. The van der Waals surface area contributed by atoms with Gasteiger partial charge in [-0.1, -0.05) is 27.2 Å². The summed E-state index contributed by atoms with van der Waals surface area (Å²) in [6.07, 6.45) is 1.27. The lowest BCUT2D eigenvalue weighted by Crippen LogP contribution is -2.08. The molecule has 0 saturated carbocycles. The van der Waals surface area contributed by atoms with E-state index in [0.717, 1.165) is 15.8 Å². The van der Waals surface area contributed by atoms with Gasteiger partial charge in [0.1, 0.15) is 5.75 Å². The molecule has 2 aromatic rings. The number of benzene rings is 1. The minimum atomic E-state index is -0.0941. The molecule has 0 amide bonds. The molecular formula is C11H12BrN3O2. The van der Waals surface area contributed by atoms with Gasteiger partial charge < -0.3 is 15.0 Å². The van der Waals surface area contributed by atoms with Crippen molar-refractivity contribution >= 4 is 15.9 Å². The van der Waals surface area contributed by atoms with Crippen LogP contribution in [0.2, 0.25) is 0 Å². The summed E-state index contributed by atoms with van der Waals surface area (Å²) in [5, 5.41) is 3.67. The number of nitrogens with two attached hydrogens (primary N) is 1. The smallest absolute Gasteiger partial charge is 0.213 e. The molecule has 0 aliphatic rings. The number of ether oxygens (including phenoxy) is 1. The Morgan fingerprint density at radius 1 is 1.53 bits per heavy atom. The van der Waals surface area contributed by atoms with Crippen molar-refractivity contribution in [2.45, 2.75) is 19.6 Å². The molecule has 6 heteroatoms. The van der Waals surface area contributed by atoms with Crippen LogP contribution in [0.25, 0.3) is 0 Å². The van der Waals surface area contributed by atoms with Gasteiger partial charge in [0.25, 0.3) is 0 Å². The van der Waals surface area contributed by atoms with Gasteiger partial charge in [-0.05, 0) is 19.1 Å². The molecule has 0 fully saturated rings. The number of hydrogen-bond acceptors (Lipinski definition) is 5. The average molecular weight is 298 g/mol. The van der Waals surface area contributed by atoms with Gasteiger partial charge in [0.2, 0.25) is 12.2 Å². The highest BCUT2D eigenvalue weighted by Gasteiger charge is 2.10. The van der Waals surface area contributed by atoms with E-state index in [2.05, 4.69) is 30.6 Å². The van der Waals surface area contributed by atoms with Crippen LogP contribution >= 0.6 is 15.9 Å². The van der Waals surface area contributed by atoms with Crippen LogP contribution in [0.3, 0.4) is 0 Å². The SMILES string of the molecule is C[C@@H](N)c1ccc(Br)cc1OCc1ncon1. The van der Waals surface area contributed by atoms with Crippen LogP contribution in [0.15, 0.2) is 33.6 Å². The summed E-state index contributed by atoms with van der Waals surface area (Å²) >= 11 is 3.39. The van der Waals surface area contributed by atoms with E-state index in [1.165, 1.54) is 6.39 Å². The Morgan fingerprint density at radius 2 is 2.35 bits per heavy atom. The largest absolute Gasteiger partial charge is 0.485 e.